The zero-order valence-electron chi connectivity index (χ0n) is 12.6. The summed E-state index contributed by atoms with van der Waals surface area (Å²) in [6.07, 6.45) is 0. The molecule has 1 aromatic rings. The van der Waals surface area contributed by atoms with E-state index in [0.717, 1.165) is 50.8 Å². The molecule has 1 fully saturated rings. The molecule has 0 aromatic carbocycles. The second-order valence-corrected chi connectivity index (χ2v) is 5.57. The molecule has 108 valence electrons. The molecule has 0 radical (unpaired) electrons. The van der Waals surface area contributed by atoms with E-state index < -0.39 is 0 Å². The predicted molar refractivity (Wildman–Crippen MR) is 80.9 cm³/mol. The minimum Gasteiger partial charge on any atom is -0.353 e. The van der Waals surface area contributed by atoms with Crippen LogP contribution in [0, 0.1) is 18.3 Å². The van der Waals surface area contributed by atoms with Crippen molar-refractivity contribution >= 4 is 5.82 Å². The maximum atomic E-state index is 9.20. The standard InChI is InChI=1S/C15H23N5/c1-13-4-5-14(12-16)15(17-13)20-10-8-19(9-11-20)7-6-18(2)3/h4-5H,6-11H2,1-3H3. The summed E-state index contributed by atoms with van der Waals surface area (Å²) in [6.45, 7) is 8.12. The first-order valence-corrected chi connectivity index (χ1v) is 7.10. The highest BCUT2D eigenvalue weighted by Crippen LogP contribution is 2.19. The Labute approximate surface area is 121 Å². The van der Waals surface area contributed by atoms with Crippen LogP contribution in [-0.4, -0.2) is 68.1 Å². The van der Waals surface area contributed by atoms with Crippen LogP contribution < -0.4 is 4.90 Å². The van der Waals surface area contributed by atoms with E-state index in [2.05, 4.69) is 39.8 Å². The molecule has 1 aromatic heterocycles. The fourth-order valence-electron chi connectivity index (χ4n) is 2.40. The lowest BCUT2D eigenvalue weighted by Gasteiger charge is -2.36. The molecule has 0 saturated carbocycles. The highest BCUT2D eigenvalue weighted by Gasteiger charge is 2.20. The summed E-state index contributed by atoms with van der Waals surface area (Å²) < 4.78 is 0. The highest BCUT2D eigenvalue weighted by molar-refractivity contribution is 5.54. The number of piperazine rings is 1. The molecule has 0 aliphatic carbocycles. The first kappa shape index (κ1) is 14.8. The summed E-state index contributed by atoms with van der Waals surface area (Å²) in [4.78, 5) is 11.5. The molecule has 5 heteroatoms. The van der Waals surface area contributed by atoms with Crippen LogP contribution in [0.2, 0.25) is 0 Å². The number of aryl methyl sites for hydroxylation is 1. The Morgan fingerprint density at radius 3 is 2.55 bits per heavy atom. The van der Waals surface area contributed by atoms with E-state index in [4.69, 9.17) is 0 Å². The fraction of sp³-hybridized carbons (Fsp3) is 0.600. The third-order valence-electron chi connectivity index (χ3n) is 3.67. The van der Waals surface area contributed by atoms with Gasteiger partial charge in [-0.1, -0.05) is 0 Å². The van der Waals surface area contributed by atoms with Gasteiger partial charge in [-0.3, -0.25) is 4.90 Å². The van der Waals surface area contributed by atoms with Crippen LogP contribution in [0.1, 0.15) is 11.3 Å². The molecule has 2 rings (SSSR count). The fourth-order valence-corrected chi connectivity index (χ4v) is 2.40. The van der Waals surface area contributed by atoms with Crippen LogP contribution in [-0.2, 0) is 0 Å². The van der Waals surface area contributed by atoms with Crippen molar-refractivity contribution in [1.29, 1.82) is 5.26 Å². The van der Waals surface area contributed by atoms with Crippen LogP contribution in [0.3, 0.4) is 0 Å². The largest absolute Gasteiger partial charge is 0.353 e. The van der Waals surface area contributed by atoms with E-state index in [1.807, 2.05) is 19.1 Å². The van der Waals surface area contributed by atoms with Gasteiger partial charge in [-0.05, 0) is 33.2 Å². The number of anilines is 1. The van der Waals surface area contributed by atoms with Gasteiger partial charge in [0, 0.05) is 45.0 Å². The smallest absolute Gasteiger partial charge is 0.146 e. The molecular formula is C15H23N5. The molecule has 0 bridgehead atoms. The molecule has 1 saturated heterocycles. The van der Waals surface area contributed by atoms with Gasteiger partial charge in [-0.2, -0.15) is 5.26 Å². The molecule has 0 unspecified atom stereocenters. The lowest BCUT2D eigenvalue weighted by molar-refractivity contribution is 0.229. The van der Waals surface area contributed by atoms with Gasteiger partial charge in [-0.15, -0.1) is 0 Å². The zero-order chi connectivity index (χ0) is 14.5. The molecule has 1 aliphatic heterocycles. The number of hydrogen-bond donors (Lipinski definition) is 0. The molecule has 2 heterocycles. The quantitative estimate of drug-likeness (QED) is 0.817. The molecule has 0 amide bonds. The molecule has 5 nitrogen and oxygen atoms in total. The van der Waals surface area contributed by atoms with Crippen molar-refractivity contribution < 1.29 is 0 Å². The Kier molecular flexibility index (Phi) is 4.94. The second kappa shape index (κ2) is 6.69. The predicted octanol–water partition coefficient (Wildman–Crippen LogP) is 0.945. The number of rotatable bonds is 4. The van der Waals surface area contributed by atoms with Crippen molar-refractivity contribution in [1.82, 2.24) is 14.8 Å². The summed E-state index contributed by atoms with van der Waals surface area (Å²) in [5, 5.41) is 9.20. The minimum absolute atomic E-state index is 0.678. The molecule has 0 spiro atoms. The van der Waals surface area contributed by atoms with E-state index in [0.29, 0.717) is 5.56 Å². The Hall–Kier alpha value is -1.64. The lowest BCUT2D eigenvalue weighted by Crippen LogP contribution is -2.48. The van der Waals surface area contributed by atoms with E-state index in [-0.39, 0.29) is 0 Å². The van der Waals surface area contributed by atoms with Gasteiger partial charge in [0.25, 0.3) is 0 Å². The first-order chi connectivity index (χ1) is 9.60. The average Bonchev–Trinajstić information content (AvgIpc) is 2.45. The third kappa shape index (κ3) is 3.69. The molecule has 20 heavy (non-hydrogen) atoms. The van der Waals surface area contributed by atoms with Crippen molar-refractivity contribution in [3.05, 3.63) is 23.4 Å². The monoisotopic (exact) mass is 273 g/mol. The molecular weight excluding hydrogens is 250 g/mol. The topological polar surface area (TPSA) is 46.4 Å². The molecule has 0 atom stereocenters. The van der Waals surface area contributed by atoms with Crippen molar-refractivity contribution in [2.24, 2.45) is 0 Å². The SMILES string of the molecule is Cc1ccc(C#N)c(N2CCN(CCN(C)C)CC2)n1. The Morgan fingerprint density at radius 2 is 1.95 bits per heavy atom. The van der Waals surface area contributed by atoms with Crippen molar-refractivity contribution in [3.8, 4) is 6.07 Å². The summed E-state index contributed by atoms with van der Waals surface area (Å²) in [7, 11) is 4.21. The summed E-state index contributed by atoms with van der Waals surface area (Å²) in [6, 6.07) is 6.02. The Morgan fingerprint density at radius 1 is 1.25 bits per heavy atom. The minimum atomic E-state index is 0.678. The van der Waals surface area contributed by atoms with Crippen LogP contribution in [0.5, 0.6) is 0 Å². The normalized spacial score (nSPS) is 16.4. The number of aromatic nitrogens is 1. The number of hydrogen-bond acceptors (Lipinski definition) is 5. The number of pyridine rings is 1. The Bertz CT molecular complexity index is 484. The molecule has 1 aliphatic rings. The van der Waals surface area contributed by atoms with Crippen molar-refractivity contribution in [2.45, 2.75) is 6.92 Å². The van der Waals surface area contributed by atoms with Gasteiger partial charge < -0.3 is 9.80 Å². The number of nitriles is 1. The number of nitrogens with zero attached hydrogens (tertiary/aromatic N) is 5. The maximum absolute atomic E-state index is 9.20. The van der Waals surface area contributed by atoms with Gasteiger partial charge >= 0.3 is 0 Å². The van der Waals surface area contributed by atoms with Crippen molar-refractivity contribution in [3.63, 3.8) is 0 Å². The lowest BCUT2D eigenvalue weighted by atomic mass is 10.2. The van der Waals surface area contributed by atoms with Crippen molar-refractivity contribution in [2.75, 3.05) is 58.3 Å². The van der Waals surface area contributed by atoms with E-state index in [1.54, 1.807) is 0 Å². The average molecular weight is 273 g/mol. The summed E-state index contributed by atoms with van der Waals surface area (Å²) in [5.41, 5.74) is 1.64. The first-order valence-electron chi connectivity index (χ1n) is 7.10. The van der Waals surface area contributed by atoms with Gasteiger partial charge in [0.1, 0.15) is 11.9 Å². The van der Waals surface area contributed by atoms with Crippen LogP contribution in [0.25, 0.3) is 0 Å². The van der Waals surface area contributed by atoms with Crippen LogP contribution >= 0.6 is 0 Å². The van der Waals surface area contributed by atoms with E-state index in [1.165, 1.54) is 0 Å². The Balaban J connectivity index is 1.97. The maximum Gasteiger partial charge on any atom is 0.146 e. The van der Waals surface area contributed by atoms with Gasteiger partial charge in [0.15, 0.2) is 0 Å². The molecule has 0 N–H and O–H groups in total. The van der Waals surface area contributed by atoms with Gasteiger partial charge in [0.2, 0.25) is 0 Å². The number of likely N-dealkylation sites (N-methyl/N-ethyl adjacent to an activating group) is 1. The zero-order valence-corrected chi connectivity index (χ0v) is 12.6. The highest BCUT2D eigenvalue weighted by atomic mass is 15.3. The second-order valence-electron chi connectivity index (χ2n) is 5.57. The van der Waals surface area contributed by atoms with Crippen LogP contribution in [0.4, 0.5) is 5.82 Å². The van der Waals surface area contributed by atoms with E-state index >= 15 is 0 Å². The van der Waals surface area contributed by atoms with Crippen LogP contribution in [0.15, 0.2) is 12.1 Å². The summed E-state index contributed by atoms with van der Waals surface area (Å²) in [5.74, 6) is 0.847. The summed E-state index contributed by atoms with van der Waals surface area (Å²) >= 11 is 0. The van der Waals surface area contributed by atoms with Gasteiger partial charge in [-0.25, -0.2) is 4.98 Å². The van der Waals surface area contributed by atoms with Gasteiger partial charge in [0.05, 0.1) is 5.56 Å². The third-order valence-corrected chi connectivity index (χ3v) is 3.67. The van der Waals surface area contributed by atoms with E-state index in [9.17, 15) is 5.26 Å².